The van der Waals surface area contributed by atoms with E-state index in [1.54, 1.807) is 0 Å². The average Bonchev–Trinajstić information content (AvgIpc) is 2.42. The molecule has 2 rings (SSSR count). The van der Waals surface area contributed by atoms with E-state index in [0.717, 1.165) is 25.2 Å². The molecule has 1 heterocycles. The van der Waals surface area contributed by atoms with Gasteiger partial charge in [0.25, 0.3) is 0 Å². The fourth-order valence-electron chi connectivity index (χ4n) is 2.14. The lowest BCUT2D eigenvalue weighted by Crippen LogP contribution is -2.27. The summed E-state index contributed by atoms with van der Waals surface area (Å²) in [7, 11) is 0. The molecule has 1 aliphatic heterocycles. The Bertz CT molecular complexity index is 365. The summed E-state index contributed by atoms with van der Waals surface area (Å²) in [6, 6.07) is 7.35. The lowest BCUT2D eigenvalue weighted by molar-refractivity contribution is 0.312. The predicted molar refractivity (Wildman–Crippen MR) is 74.9 cm³/mol. The van der Waals surface area contributed by atoms with Gasteiger partial charge in [0, 0.05) is 17.6 Å². The molecular formula is C13H18INO. The van der Waals surface area contributed by atoms with E-state index < -0.39 is 0 Å². The Hall–Kier alpha value is -0.290. The minimum absolute atomic E-state index is 0.437. The number of ether oxygens (including phenoxy) is 1. The van der Waals surface area contributed by atoms with Crippen LogP contribution in [-0.2, 0) is 0 Å². The zero-order valence-corrected chi connectivity index (χ0v) is 12.0. The summed E-state index contributed by atoms with van der Waals surface area (Å²) in [5.41, 5.74) is 1.32. The summed E-state index contributed by atoms with van der Waals surface area (Å²) in [5.74, 6) is 1.08. The number of hydrogen-bond acceptors (Lipinski definition) is 2. The van der Waals surface area contributed by atoms with Gasteiger partial charge < -0.3 is 10.1 Å². The summed E-state index contributed by atoms with van der Waals surface area (Å²) in [6.07, 6.45) is 2.28. The molecule has 1 unspecified atom stereocenters. The van der Waals surface area contributed by atoms with Gasteiger partial charge in [-0.05, 0) is 41.5 Å². The summed E-state index contributed by atoms with van der Waals surface area (Å²) in [6.45, 7) is 5.22. The average molecular weight is 331 g/mol. The molecule has 0 amide bonds. The third kappa shape index (κ3) is 2.69. The van der Waals surface area contributed by atoms with Gasteiger partial charge in [0.05, 0.1) is 10.2 Å². The normalized spacial score (nSPS) is 20.1. The lowest BCUT2D eigenvalue weighted by Gasteiger charge is -2.21. The van der Waals surface area contributed by atoms with Gasteiger partial charge in [-0.3, -0.25) is 0 Å². The summed E-state index contributed by atoms with van der Waals surface area (Å²) < 4.78 is 7.06. The fraction of sp³-hybridized carbons (Fsp3) is 0.538. The standard InChI is InChI=1S/C13H18INO/c1-9(2)15-12-7-4-8-16-13-10(12)5-3-6-11(13)14/h3,5-6,9,12,15H,4,7-8H2,1-2H3. The van der Waals surface area contributed by atoms with Gasteiger partial charge in [0.1, 0.15) is 5.75 Å². The van der Waals surface area contributed by atoms with Crippen LogP contribution in [-0.4, -0.2) is 12.6 Å². The quantitative estimate of drug-likeness (QED) is 0.838. The first-order valence-electron chi connectivity index (χ1n) is 5.85. The Morgan fingerprint density at radius 1 is 1.44 bits per heavy atom. The van der Waals surface area contributed by atoms with E-state index in [4.69, 9.17) is 4.74 Å². The number of rotatable bonds is 2. The predicted octanol–water partition coefficient (Wildman–Crippen LogP) is 3.50. The molecule has 3 heteroatoms. The van der Waals surface area contributed by atoms with Crippen LogP contribution in [0.3, 0.4) is 0 Å². The van der Waals surface area contributed by atoms with Crippen LogP contribution in [0.1, 0.15) is 38.3 Å². The molecule has 0 fully saturated rings. The fourth-order valence-corrected chi connectivity index (χ4v) is 2.82. The molecule has 1 aromatic carbocycles. The van der Waals surface area contributed by atoms with Gasteiger partial charge >= 0.3 is 0 Å². The van der Waals surface area contributed by atoms with Gasteiger partial charge in [-0.25, -0.2) is 0 Å². The van der Waals surface area contributed by atoms with Crippen LogP contribution in [0.2, 0.25) is 0 Å². The van der Waals surface area contributed by atoms with Gasteiger partial charge in [0.15, 0.2) is 0 Å². The molecule has 0 saturated carbocycles. The maximum absolute atomic E-state index is 5.84. The van der Waals surface area contributed by atoms with Crippen LogP contribution >= 0.6 is 22.6 Å². The second-order valence-electron chi connectivity index (χ2n) is 4.52. The van der Waals surface area contributed by atoms with Crippen molar-refractivity contribution in [1.82, 2.24) is 5.32 Å². The Morgan fingerprint density at radius 2 is 2.25 bits per heavy atom. The van der Waals surface area contributed by atoms with Gasteiger partial charge in [-0.2, -0.15) is 0 Å². The lowest BCUT2D eigenvalue weighted by atomic mass is 10.0. The van der Waals surface area contributed by atoms with E-state index in [1.807, 2.05) is 0 Å². The molecule has 1 N–H and O–H groups in total. The monoisotopic (exact) mass is 331 g/mol. The molecule has 2 nitrogen and oxygen atoms in total. The second kappa shape index (κ2) is 5.36. The van der Waals surface area contributed by atoms with Crippen LogP contribution in [0.5, 0.6) is 5.75 Å². The number of nitrogens with one attached hydrogen (secondary N) is 1. The molecule has 1 atom stereocenters. The summed E-state index contributed by atoms with van der Waals surface area (Å²) >= 11 is 2.35. The summed E-state index contributed by atoms with van der Waals surface area (Å²) in [5, 5.41) is 3.62. The van der Waals surface area contributed by atoms with Crippen LogP contribution in [0.25, 0.3) is 0 Å². The van der Waals surface area contributed by atoms with Crippen molar-refractivity contribution in [1.29, 1.82) is 0 Å². The number of halogens is 1. The van der Waals surface area contributed by atoms with Crippen LogP contribution in [0.15, 0.2) is 18.2 Å². The molecule has 88 valence electrons. The van der Waals surface area contributed by atoms with E-state index in [0.29, 0.717) is 12.1 Å². The number of para-hydroxylation sites is 1. The van der Waals surface area contributed by atoms with E-state index in [2.05, 4.69) is 60.0 Å². The SMILES string of the molecule is CC(C)NC1CCCOc2c(I)cccc21. The topological polar surface area (TPSA) is 21.3 Å². The van der Waals surface area contributed by atoms with E-state index >= 15 is 0 Å². The largest absolute Gasteiger partial charge is 0.492 e. The van der Waals surface area contributed by atoms with E-state index in [9.17, 15) is 0 Å². The Morgan fingerprint density at radius 3 is 3.00 bits per heavy atom. The van der Waals surface area contributed by atoms with Crippen LogP contribution < -0.4 is 10.1 Å². The Kier molecular flexibility index (Phi) is 4.08. The minimum atomic E-state index is 0.437. The highest BCUT2D eigenvalue weighted by atomic mass is 127. The summed E-state index contributed by atoms with van der Waals surface area (Å²) in [4.78, 5) is 0. The zero-order valence-electron chi connectivity index (χ0n) is 9.79. The van der Waals surface area contributed by atoms with Crippen molar-refractivity contribution in [2.75, 3.05) is 6.61 Å². The molecule has 16 heavy (non-hydrogen) atoms. The maximum atomic E-state index is 5.84. The van der Waals surface area contributed by atoms with Crippen molar-refractivity contribution in [3.05, 3.63) is 27.3 Å². The molecule has 0 saturated heterocycles. The Balaban J connectivity index is 2.33. The first kappa shape index (κ1) is 12.2. The van der Waals surface area contributed by atoms with Crippen molar-refractivity contribution in [2.45, 2.75) is 38.8 Å². The van der Waals surface area contributed by atoms with Crippen molar-refractivity contribution >= 4 is 22.6 Å². The van der Waals surface area contributed by atoms with Crippen molar-refractivity contribution < 1.29 is 4.74 Å². The van der Waals surface area contributed by atoms with Gasteiger partial charge in [-0.1, -0.05) is 26.0 Å². The maximum Gasteiger partial charge on any atom is 0.137 e. The van der Waals surface area contributed by atoms with E-state index in [-0.39, 0.29) is 0 Å². The molecule has 0 aliphatic carbocycles. The van der Waals surface area contributed by atoms with Gasteiger partial charge in [-0.15, -0.1) is 0 Å². The van der Waals surface area contributed by atoms with Crippen LogP contribution in [0.4, 0.5) is 0 Å². The number of benzene rings is 1. The van der Waals surface area contributed by atoms with Gasteiger partial charge in [0.2, 0.25) is 0 Å². The van der Waals surface area contributed by atoms with Crippen LogP contribution in [0, 0.1) is 3.57 Å². The third-order valence-electron chi connectivity index (χ3n) is 2.79. The van der Waals surface area contributed by atoms with Crippen molar-refractivity contribution in [2.24, 2.45) is 0 Å². The highest BCUT2D eigenvalue weighted by Crippen LogP contribution is 2.35. The third-order valence-corrected chi connectivity index (χ3v) is 3.64. The molecule has 1 aromatic rings. The van der Waals surface area contributed by atoms with E-state index in [1.165, 1.54) is 9.13 Å². The van der Waals surface area contributed by atoms with Crippen molar-refractivity contribution in [3.63, 3.8) is 0 Å². The second-order valence-corrected chi connectivity index (χ2v) is 5.69. The number of fused-ring (bicyclic) bond motifs is 1. The highest BCUT2D eigenvalue weighted by molar-refractivity contribution is 14.1. The smallest absolute Gasteiger partial charge is 0.137 e. The molecule has 0 radical (unpaired) electrons. The van der Waals surface area contributed by atoms with Crippen molar-refractivity contribution in [3.8, 4) is 5.75 Å². The molecule has 0 aromatic heterocycles. The zero-order chi connectivity index (χ0) is 11.5. The molecule has 0 bridgehead atoms. The first-order valence-corrected chi connectivity index (χ1v) is 6.93. The molecular weight excluding hydrogens is 313 g/mol. The first-order chi connectivity index (χ1) is 7.68. The minimum Gasteiger partial charge on any atom is -0.492 e. The molecule has 0 spiro atoms. The molecule has 1 aliphatic rings. The highest BCUT2D eigenvalue weighted by Gasteiger charge is 2.21. The number of hydrogen-bond donors (Lipinski definition) is 1. The Labute approximate surface area is 111 Å².